The molecule has 1 aromatic rings. The van der Waals surface area contributed by atoms with Gasteiger partial charge < -0.3 is 10.5 Å². The molecule has 2 heterocycles. The molecular formula is C9H15N3OS. The molecule has 0 aliphatic carbocycles. The van der Waals surface area contributed by atoms with E-state index in [0.29, 0.717) is 6.04 Å². The summed E-state index contributed by atoms with van der Waals surface area (Å²) in [6.07, 6.45) is 2.99. The lowest BCUT2D eigenvalue weighted by Gasteiger charge is -2.12. The highest BCUT2D eigenvalue weighted by Crippen LogP contribution is 2.22. The molecule has 0 aromatic carbocycles. The van der Waals surface area contributed by atoms with E-state index in [-0.39, 0.29) is 0 Å². The maximum absolute atomic E-state index is 5.83. The predicted octanol–water partition coefficient (Wildman–Crippen LogP) is 0.685. The monoisotopic (exact) mass is 213 g/mol. The highest BCUT2D eigenvalue weighted by Gasteiger charge is 2.19. The van der Waals surface area contributed by atoms with Crippen LogP contribution in [0.4, 0.5) is 0 Å². The number of ether oxygens (including phenoxy) is 1. The van der Waals surface area contributed by atoms with Gasteiger partial charge >= 0.3 is 0 Å². The third kappa shape index (κ3) is 2.23. The number of hydrogen-bond acceptors (Lipinski definition) is 5. The Balaban J connectivity index is 1.90. The normalized spacial score (nSPS) is 22.9. The summed E-state index contributed by atoms with van der Waals surface area (Å²) in [6, 6.07) is 0.352. The Morgan fingerprint density at radius 1 is 1.79 bits per heavy atom. The highest BCUT2D eigenvalue weighted by molar-refractivity contribution is 7.13. The molecule has 0 amide bonds. The number of thiazole rings is 1. The molecule has 0 spiro atoms. The molecule has 1 saturated heterocycles. The van der Waals surface area contributed by atoms with Gasteiger partial charge in [-0.15, -0.1) is 0 Å². The van der Waals surface area contributed by atoms with Gasteiger partial charge in [-0.3, -0.25) is 4.90 Å². The topological polar surface area (TPSA) is 51.4 Å². The molecule has 1 fully saturated rings. The molecule has 1 unspecified atom stereocenters. The Morgan fingerprint density at radius 3 is 3.21 bits per heavy atom. The van der Waals surface area contributed by atoms with Crippen molar-refractivity contribution in [3.8, 4) is 5.19 Å². The number of aromatic nitrogens is 1. The Labute approximate surface area is 87.7 Å². The number of rotatable bonds is 3. The fourth-order valence-corrected chi connectivity index (χ4v) is 2.45. The van der Waals surface area contributed by atoms with E-state index < -0.39 is 0 Å². The third-order valence-electron chi connectivity index (χ3n) is 2.40. The van der Waals surface area contributed by atoms with E-state index >= 15 is 0 Å². The second-order valence-corrected chi connectivity index (χ2v) is 4.66. The smallest absolute Gasteiger partial charge is 0.273 e. The average Bonchev–Trinajstić information content (AvgIpc) is 2.76. The van der Waals surface area contributed by atoms with Gasteiger partial charge in [0.05, 0.1) is 7.11 Å². The Bertz CT molecular complexity index is 302. The van der Waals surface area contributed by atoms with Gasteiger partial charge in [-0.05, 0) is 6.42 Å². The van der Waals surface area contributed by atoms with Crippen LogP contribution in [0.2, 0.25) is 0 Å². The molecule has 5 heteroatoms. The fourth-order valence-electron chi connectivity index (χ4n) is 1.68. The summed E-state index contributed by atoms with van der Waals surface area (Å²) in [5.41, 5.74) is 5.83. The van der Waals surface area contributed by atoms with Crippen molar-refractivity contribution in [2.75, 3.05) is 20.2 Å². The van der Waals surface area contributed by atoms with Crippen LogP contribution in [0.3, 0.4) is 0 Å². The molecule has 14 heavy (non-hydrogen) atoms. The summed E-state index contributed by atoms with van der Waals surface area (Å²) < 4.78 is 5.04. The minimum absolute atomic E-state index is 0.352. The number of hydrogen-bond donors (Lipinski definition) is 1. The number of nitrogens with zero attached hydrogens (tertiary/aromatic N) is 2. The first-order valence-corrected chi connectivity index (χ1v) is 5.56. The highest BCUT2D eigenvalue weighted by atomic mass is 32.1. The lowest BCUT2D eigenvalue weighted by Crippen LogP contribution is -2.25. The zero-order chi connectivity index (χ0) is 9.97. The second-order valence-electron chi connectivity index (χ2n) is 3.58. The van der Waals surface area contributed by atoms with Crippen LogP contribution >= 0.6 is 11.3 Å². The minimum atomic E-state index is 0.352. The van der Waals surface area contributed by atoms with Gasteiger partial charge in [-0.1, -0.05) is 11.3 Å². The first kappa shape index (κ1) is 9.89. The largest absolute Gasteiger partial charge is 0.473 e. The van der Waals surface area contributed by atoms with E-state index in [0.717, 1.165) is 31.2 Å². The molecule has 2 rings (SSSR count). The fraction of sp³-hybridized carbons (Fsp3) is 0.667. The molecule has 0 bridgehead atoms. The van der Waals surface area contributed by atoms with Crippen LogP contribution in [0.25, 0.3) is 0 Å². The van der Waals surface area contributed by atoms with E-state index in [2.05, 4.69) is 9.88 Å². The lowest BCUT2D eigenvalue weighted by molar-refractivity contribution is 0.329. The van der Waals surface area contributed by atoms with E-state index in [9.17, 15) is 0 Å². The van der Waals surface area contributed by atoms with Gasteiger partial charge in [0.15, 0.2) is 0 Å². The predicted molar refractivity (Wildman–Crippen MR) is 56.5 cm³/mol. The van der Waals surface area contributed by atoms with Crippen LogP contribution < -0.4 is 10.5 Å². The van der Waals surface area contributed by atoms with E-state index in [4.69, 9.17) is 10.5 Å². The molecule has 0 radical (unpaired) electrons. The van der Waals surface area contributed by atoms with Crippen LogP contribution in [0.15, 0.2) is 6.20 Å². The van der Waals surface area contributed by atoms with Crippen LogP contribution in [-0.4, -0.2) is 36.1 Å². The van der Waals surface area contributed by atoms with Gasteiger partial charge in [0.2, 0.25) is 0 Å². The number of likely N-dealkylation sites (tertiary alicyclic amines) is 1. The second kappa shape index (κ2) is 4.25. The van der Waals surface area contributed by atoms with E-state index in [1.165, 1.54) is 4.88 Å². The molecule has 4 nitrogen and oxygen atoms in total. The van der Waals surface area contributed by atoms with Crippen molar-refractivity contribution < 1.29 is 4.74 Å². The Hall–Kier alpha value is -0.650. The first-order valence-electron chi connectivity index (χ1n) is 4.74. The zero-order valence-corrected chi connectivity index (χ0v) is 9.09. The Kier molecular flexibility index (Phi) is 3.00. The van der Waals surface area contributed by atoms with Crippen molar-refractivity contribution >= 4 is 11.3 Å². The van der Waals surface area contributed by atoms with Crippen LogP contribution in [0.5, 0.6) is 5.19 Å². The molecule has 0 saturated carbocycles. The molecule has 2 N–H and O–H groups in total. The Morgan fingerprint density at radius 2 is 2.64 bits per heavy atom. The van der Waals surface area contributed by atoms with Crippen LogP contribution in [0.1, 0.15) is 11.3 Å². The lowest BCUT2D eigenvalue weighted by atomic mass is 10.3. The molecular weight excluding hydrogens is 198 g/mol. The quantitative estimate of drug-likeness (QED) is 0.802. The van der Waals surface area contributed by atoms with Crippen LogP contribution in [-0.2, 0) is 6.54 Å². The molecule has 1 atom stereocenters. The van der Waals surface area contributed by atoms with Gasteiger partial charge in [-0.25, -0.2) is 4.98 Å². The summed E-state index contributed by atoms with van der Waals surface area (Å²) in [7, 11) is 1.65. The van der Waals surface area contributed by atoms with Crippen molar-refractivity contribution in [2.45, 2.75) is 19.0 Å². The summed E-state index contributed by atoms with van der Waals surface area (Å²) in [4.78, 5) is 7.74. The average molecular weight is 213 g/mol. The zero-order valence-electron chi connectivity index (χ0n) is 8.27. The first-order chi connectivity index (χ1) is 6.78. The summed E-state index contributed by atoms with van der Waals surface area (Å²) >= 11 is 1.61. The number of nitrogens with two attached hydrogens (primary N) is 1. The number of methoxy groups -OCH3 is 1. The third-order valence-corrected chi connectivity index (χ3v) is 3.34. The summed E-state index contributed by atoms with van der Waals surface area (Å²) in [6.45, 7) is 3.05. The standard InChI is InChI=1S/C9H15N3OS/c1-13-9-11-4-8(14-9)6-12-3-2-7(10)5-12/h4,7H,2-3,5-6,10H2,1H3. The van der Waals surface area contributed by atoms with Crippen molar-refractivity contribution in [1.29, 1.82) is 0 Å². The molecule has 1 aliphatic heterocycles. The van der Waals surface area contributed by atoms with Crippen molar-refractivity contribution in [1.82, 2.24) is 9.88 Å². The van der Waals surface area contributed by atoms with Gasteiger partial charge in [-0.2, -0.15) is 0 Å². The van der Waals surface area contributed by atoms with Gasteiger partial charge in [0.25, 0.3) is 5.19 Å². The minimum Gasteiger partial charge on any atom is -0.473 e. The maximum atomic E-state index is 5.83. The van der Waals surface area contributed by atoms with E-state index in [1.54, 1.807) is 18.4 Å². The SMILES string of the molecule is COc1ncc(CN2CCC(N)C2)s1. The van der Waals surface area contributed by atoms with Gasteiger partial charge in [0.1, 0.15) is 0 Å². The molecule has 1 aliphatic rings. The van der Waals surface area contributed by atoms with Crippen LogP contribution in [0, 0.1) is 0 Å². The summed E-state index contributed by atoms with van der Waals surface area (Å²) in [5.74, 6) is 0. The van der Waals surface area contributed by atoms with Crippen molar-refractivity contribution in [3.63, 3.8) is 0 Å². The van der Waals surface area contributed by atoms with Gasteiger partial charge in [0, 0.05) is 36.8 Å². The molecule has 1 aromatic heterocycles. The molecule has 78 valence electrons. The van der Waals surface area contributed by atoms with Crippen molar-refractivity contribution in [3.05, 3.63) is 11.1 Å². The summed E-state index contributed by atoms with van der Waals surface area (Å²) in [5, 5.41) is 0.739. The van der Waals surface area contributed by atoms with Crippen molar-refractivity contribution in [2.24, 2.45) is 5.73 Å². The maximum Gasteiger partial charge on any atom is 0.273 e. The van der Waals surface area contributed by atoms with E-state index in [1.807, 2.05) is 6.20 Å².